The Hall–Kier alpha value is -2.04. The van der Waals surface area contributed by atoms with Crippen LogP contribution in [0.4, 0.5) is 5.82 Å². The zero-order valence-electron chi connectivity index (χ0n) is 15.7. The van der Waals surface area contributed by atoms with E-state index in [0.29, 0.717) is 17.4 Å². The third-order valence-corrected chi connectivity index (χ3v) is 7.24. The molecule has 8 nitrogen and oxygen atoms in total. The predicted molar refractivity (Wildman–Crippen MR) is 114 cm³/mol. The van der Waals surface area contributed by atoms with Crippen LogP contribution < -0.4 is 20.5 Å². The van der Waals surface area contributed by atoms with Gasteiger partial charge in [0.15, 0.2) is 33.6 Å². The molecule has 2 aliphatic rings. The first kappa shape index (κ1) is 19.0. The molecule has 2 aromatic heterocycles. The second kappa shape index (κ2) is 8.00. The molecule has 5 rings (SSSR count). The molecule has 0 saturated carbocycles. The molecule has 0 aliphatic carbocycles. The van der Waals surface area contributed by atoms with Crippen molar-refractivity contribution in [2.45, 2.75) is 48.3 Å². The van der Waals surface area contributed by atoms with Gasteiger partial charge in [-0.3, -0.25) is 0 Å². The molecule has 3 N–H and O–H groups in total. The Morgan fingerprint density at radius 1 is 1.24 bits per heavy atom. The number of rotatable bonds is 5. The van der Waals surface area contributed by atoms with E-state index in [4.69, 9.17) is 20.2 Å². The fraction of sp³-hybridized carbons (Fsp3) is 0.421. The highest BCUT2D eigenvalue weighted by atomic mass is 79.9. The molecule has 1 fully saturated rings. The minimum Gasteiger partial charge on any atom is -0.454 e. The number of aryl methyl sites for hydroxylation is 1. The molecule has 0 unspecified atom stereocenters. The van der Waals surface area contributed by atoms with Crippen LogP contribution in [0.1, 0.15) is 25.7 Å². The van der Waals surface area contributed by atoms with E-state index in [0.717, 1.165) is 51.2 Å². The average molecular weight is 477 g/mol. The van der Waals surface area contributed by atoms with Crippen LogP contribution in [0.25, 0.3) is 11.2 Å². The Labute approximate surface area is 180 Å². The van der Waals surface area contributed by atoms with Gasteiger partial charge in [0, 0.05) is 22.0 Å². The maximum atomic E-state index is 6.08. The Bertz CT molecular complexity index is 1050. The standard InChI is InChI=1S/C19H21BrN6O2S/c20-12-7-13-14(28-10-27-13)8-15(12)29-19-25-16-17(21)23-9-24-18(16)26(19)6-4-11-3-1-2-5-22-11/h7-9,11,22H,1-6,10H2,(H2,21,23,24)/t11-/m0/s1. The first-order valence-electron chi connectivity index (χ1n) is 9.66. The molecule has 4 heterocycles. The molecule has 152 valence electrons. The number of ether oxygens (including phenoxy) is 2. The summed E-state index contributed by atoms with van der Waals surface area (Å²) in [5, 5.41) is 4.45. The zero-order valence-corrected chi connectivity index (χ0v) is 18.1. The number of aromatic nitrogens is 4. The molecule has 29 heavy (non-hydrogen) atoms. The molecule has 2 aliphatic heterocycles. The number of halogens is 1. The van der Waals surface area contributed by atoms with Crippen molar-refractivity contribution in [1.29, 1.82) is 0 Å². The smallest absolute Gasteiger partial charge is 0.231 e. The molecule has 1 atom stereocenters. The summed E-state index contributed by atoms with van der Waals surface area (Å²) in [6.45, 7) is 2.15. The van der Waals surface area contributed by atoms with Crippen molar-refractivity contribution in [3.63, 3.8) is 0 Å². The van der Waals surface area contributed by atoms with Crippen molar-refractivity contribution in [2.24, 2.45) is 0 Å². The maximum Gasteiger partial charge on any atom is 0.231 e. The van der Waals surface area contributed by atoms with E-state index in [1.54, 1.807) is 11.8 Å². The summed E-state index contributed by atoms with van der Waals surface area (Å²) in [4.78, 5) is 14.3. The molecule has 0 radical (unpaired) electrons. The van der Waals surface area contributed by atoms with Crippen LogP contribution in [0.2, 0.25) is 0 Å². The fourth-order valence-corrected chi connectivity index (χ4v) is 5.25. The van der Waals surface area contributed by atoms with Crippen molar-refractivity contribution < 1.29 is 9.47 Å². The van der Waals surface area contributed by atoms with Gasteiger partial charge in [-0.1, -0.05) is 18.2 Å². The number of imidazole rings is 1. The lowest BCUT2D eigenvalue weighted by Gasteiger charge is -2.23. The quantitative estimate of drug-likeness (QED) is 0.575. The lowest BCUT2D eigenvalue weighted by Crippen LogP contribution is -2.34. The molecule has 0 amide bonds. The SMILES string of the molecule is Nc1ncnc2c1nc(Sc1cc3c(cc1Br)OCO3)n2CC[C@@H]1CCCCN1. The van der Waals surface area contributed by atoms with Crippen LogP contribution in [0.5, 0.6) is 11.5 Å². The summed E-state index contributed by atoms with van der Waals surface area (Å²) in [5.41, 5.74) is 7.49. The average Bonchev–Trinajstić information content (AvgIpc) is 3.32. The van der Waals surface area contributed by atoms with E-state index in [9.17, 15) is 0 Å². The summed E-state index contributed by atoms with van der Waals surface area (Å²) >= 11 is 5.19. The van der Waals surface area contributed by atoms with E-state index in [1.165, 1.54) is 25.6 Å². The van der Waals surface area contributed by atoms with E-state index in [2.05, 4.69) is 35.8 Å². The predicted octanol–water partition coefficient (Wildman–Crippen LogP) is 3.58. The Morgan fingerprint density at radius 2 is 2.10 bits per heavy atom. The number of benzene rings is 1. The number of nitrogens with one attached hydrogen (secondary N) is 1. The number of fused-ring (bicyclic) bond motifs is 2. The van der Waals surface area contributed by atoms with Crippen molar-refractivity contribution in [3.8, 4) is 11.5 Å². The molecular weight excluding hydrogens is 456 g/mol. The number of anilines is 1. The molecule has 1 aromatic carbocycles. The number of nitrogen functional groups attached to an aromatic ring is 1. The van der Waals surface area contributed by atoms with Gasteiger partial charge >= 0.3 is 0 Å². The van der Waals surface area contributed by atoms with E-state index >= 15 is 0 Å². The van der Waals surface area contributed by atoms with Crippen LogP contribution in [-0.2, 0) is 6.54 Å². The van der Waals surface area contributed by atoms with Crippen LogP contribution in [-0.4, -0.2) is 38.9 Å². The Kier molecular flexibility index (Phi) is 5.23. The monoisotopic (exact) mass is 476 g/mol. The van der Waals surface area contributed by atoms with Crippen LogP contribution >= 0.6 is 27.7 Å². The highest BCUT2D eigenvalue weighted by Crippen LogP contribution is 2.43. The number of nitrogens with two attached hydrogens (primary N) is 1. The maximum absolute atomic E-state index is 6.08. The summed E-state index contributed by atoms with van der Waals surface area (Å²) in [6, 6.07) is 4.42. The van der Waals surface area contributed by atoms with E-state index in [1.807, 2.05) is 12.1 Å². The van der Waals surface area contributed by atoms with Gasteiger partial charge in [0.1, 0.15) is 6.33 Å². The molecular formula is C19H21BrN6O2S. The minimum atomic E-state index is 0.245. The summed E-state index contributed by atoms with van der Waals surface area (Å²) in [7, 11) is 0. The number of nitrogens with zero attached hydrogens (tertiary/aromatic N) is 4. The summed E-state index contributed by atoms with van der Waals surface area (Å²) in [6.07, 6.45) is 6.27. The molecule has 0 spiro atoms. The summed E-state index contributed by atoms with van der Waals surface area (Å²) < 4.78 is 14.1. The minimum absolute atomic E-state index is 0.245. The topological polar surface area (TPSA) is 100 Å². The number of hydrogen-bond acceptors (Lipinski definition) is 8. The van der Waals surface area contributed by atoms with Gasteiger partial charge in [0.25, 0.3) is 0 Å². The largest absolute Gasteiger partial charge is 0.454 e. The first-order chi connectivity index (χ1) is 14.2. The Balaban J connectivity index is 1.48. The third kappa shape index (κ3) is 3.76. The second-order valence-electron chi connectivity index (χ2n) is 7.15. The number of hydrogen-bond donors (Lipinski definition) is 2. The van der Waals surface area contributed by atoms with Crippen LogP contribution in [0.3, 0.4) is 0 Å². The van der Waals surface area contributed by atoms with Gasteiger partial charge in [-0.15, -0.1) is 0 Å². The zero-order chi connectivity index (χ0) is 19.8. The molecule has 1 saturated heterocycles. The lowest BCUT2D eigenvalue weighted by molar-refractivity contribution is 0.174. The first-order valence-corrected chi connectivity index (χ1v) is 11.3. The van der Waals surface area contributed by atoms with Crippen molar-refractivity contribution >= 4 is 44.7 Å². The fourth-order valence-electron chi connectivity index (χ4n) is 3.74. The second-order valence-corrected chi connectivity index (χ2v) is 9.01. The van der Waals surface area contributed by atoms with Gasteiger partial charge in [-0.05, 0) is 53.9 Å². The van der Waals surface area contributed by atoms with Crippen molar-refractivity contribution in [1.82, 2.24) is 24.8 Å². The van der Waals surface area contributed by atoms with Crippen LogP contribution in [0, 0.1) is 0 Å². The van der Waals surface area contributed by atoms with Gasteiger partial charge in [0.05, 0.1) is 0 Å². The van der Waals surface area contributed by atoms with Crippen molar-refractivity contribution in [3.05, 3.63) is 22.9 Å². The van der Waals surface area contributed by atoms with E-state index in [-0.39, 0.29) is 6.79 Å². The highest BCUT2D eigenvalue weighted by Gasteiger charge is 2.21. The molecule has 10 heteroatoms. The van der Waals surface area contributed by atoms with Gasteiger partial charge in [-0.2, -0.15) is 0 Å². The summed E-state index contributed by atoms with van der Waals surface area (Å²) in [5.74, 6) is 1.88. The van der Waals surface area contributed by atoms with Gasteiger partial charge in [-0.25, -0.2) is 15.0 Å². The van der Waals surface area contributed by atoms with Crippen molar-refractivity contribution in [2.75, 3.05) is 19.1 Å². The highest BCUT2D eigenvalue weighted by molar-refractivity contribution is 9.10. The van der Waals surface area contributed by atoms with E-state index < -0.39 is 0 Å². The molecule has 3 aromatic rings. The number of piperidine rings is 1. The van der Waals surface area contributed by atoms with Gasteiger partial charge in [0.2, 0.25) is 6.79 Å². The normalized spacial score (nSPS) is 18.4. The lowest BCUT2D eigenvalue weighted by atomic mass is 10.0. The van der Waals surface area contributed by atoms with Gasteiger partial charge < -0.3 is 25.1 Å². The Morgan fingerprint density at radius 3 is 2.93 bits per heavy atom. The van der Waals surface area contributed by atoms with Crippen LogP contribution in [0.15, 0.2) is 33.0 Å². The third-order valence-electron chi connectivity index (χ3n) is 5.27. The molecule has 0 bridgehead atoms.